The summed E-state index contributed by atoms with van der Waals surface area (Å²) in [6, 6.07) is 5.44. The first-order valence-corrected chi connectivity index (χ1v) is 6.29. The predicted octanol–water partition coefficient (Wildman–Crippen LogP) is 2.94. The summed E-state index contributed by atoms with van der Waals surface area (Å²) in [5, 5.41) is 2.37. The highest BCUT2D eigenvalue weighted by Gasteiger charge is 2.28. The van der Waals surface area contributed by atoms with Crippen LogP contribution in [0, 0.1) is 11.6 Å². The molecule has 1 aromatic heterocycles. The first-order valence-electron chi connectivity index (χ1n) is 6.29. The normalized spacial score (nSPS) is 14.3. The number of nitrogens with one attached hydrogen (secondary N) is 1. The van der Waals surface area contributed by atoms with E-state index in [1.54, 1.807) is 10.8 Å². The van der Waals surface area contributed by atoms with Crippen molar-refractivity contribution in [2.75, 3.05) is 11.1 Å². The van der Waals surface area contributed by atoms with Crippen molar-refractivity contribution in [2.24, 2.45) is 0 Å². The van der Waals surface area contributed by atoms with Crippen molar-refractivity contribution in [3.05, 3.63) is 47.8 Å². The first kappa shape index (κ1) is 12.7. The number of carbonyl (C=O) groups is 1. The van der Waals surface area contributed by atoms with E-state index in [9.17, 15) is 13.6 Å². The zero-order valence-corrected chi connectivity index (χ0v) is 10.6. The van der Waals surface area contributed by atoms with Gasteiger partial charge in [0.2, 0.25) is 0 Å². The van der Waals surface area contributed by atoms with Gasteiger partial charge in [0.25, 0.3) is 5.91 Å². The van der Waals surface area contributed by atoms with E-state index >= 15 is 0 Å². The largest absolute Gasteiger partial charge is 0.397 e. The second kappa shape index (κ2) is 4.63. The van der Waals surface area contributed by atoms with Crippen LogP contribution in [0.15, 0.2) is 30.5 Å². The molecule has 6 heteroatoms. The molecule has 1 aliphatic rings. The van der Waals surface area contributed by atoms with Crippen LogP contribution in [-0.2, 0) is 0 Å². The molecule has 0 atom stereocenters. The molecule has 0 radical (unpaired) electrons. The summed E-state index contributed by atoms with van der Waals surface area (Å²) in [7, 11) is 0. The Balaban J connectivity index is 1.88. The summed E-state index contributed by atoms with van der Waals surface area (Å²) in [4.78, 5) is 12.2. The molecule has 2 aromatic rings. The predicted molar refractivity (Wildman–Crippen MR) is 71.4 cm³/mol. The Morgan fingerprint density at radius 1 is 1.35 bits per heavy atom. The number of halogens is 2. The number of nitrogen functional groups attached to an aromatic ring is 1. The number of hydrogen-bond acceptors (Lipinski definition) is 2. The number of hydrogen-bond donors (Lipinski definition) is 2. The molecule has 4 nitrogen and oxygen atoms in total. The van der Waals surface area contributed by atoms with E-state index < -0.39 is 17.5 Å². The zero-order valence-electron chi connectivity index (χ0n) is 10.6. The highest BCUT2D eigenvalue weighted by atomic mass is 19.2. The molecule has 1 aromatic carbocycles. The summed E-state index contributed by atoms with van der Waals surface area (Å²) in [5.74, 6) is -2.57. The lowest BCUT2D eigenvalue weighted by atomic mass is 10.2. The van der Waals surface area contributed by atoms with Crippen molar-refractivity contribution in [1.82, 2.24) is 4.57 Å². The van der Waals surface area contributed by atoms with Gasteiger partial charge >= 0.3 is 0 Å². The fourth-order valence-corrected chi connectivity index (χ4v) is 2.12. The molecule has 0 aliphatic heterocycles. The SMILES string of the molecule is Nc1cc(C(=O)Nc2cccc(F)c2F)n(C2CC2)c1. The maximum Gasteiger partial charge on any atom is 0.272 e. The molecule has 1 amide bonds. The second-order valence-electron chi connectivity index (χ2n) is 4.85. The molecule has 0 bridgehead atoms. The zero-order chi connectivity index (χ0) is 14.3. The molecule has 0 unspecified atom stereocenters. The van der Waals surface area contributed by atoms with Crippen LogP contribution in [0.5, 0.6) is 0 Å². The molecule has 20 heavy (non-hydrogen) atoms. The van der Waals surface area contributed by atoms with Crippen molar-refractivity contribution in [2.45, 2.75) is 18.9 Å². The van der Waals surface area contributed by atoms with Crippen LogP contribution in [-0.4, -0.2) is 10.5 Å². The van der Waals surface area contributed by atoms with Gasteiger partial charge in [-0.3, -0.25) is 4.79 Å². The lowest BCUT2D eigenvalue weighted by molar-refractivity contribution is 0.101. The quantitative estimate of drug-likeness (QED) is 0.906. The minimum Gasteiger partial charge on any atom is -0.397 e. The summed E-state index contributed by atoms with van der Waals surface area (Å²) >= 11 is 0. The fraction of sp³-hybridized carbons (Fsp3) is 0.214. The van der Waals surface area contributed by atoms with Gasteiger partial charge in [-0.1, -0.05) is 6.07 Å². The lowest BCUT2D eigenvalue weighted by Crippen LogP contribution is -2.17. The molecular weight excluding hydrogens is 264 g/mol. The topological polar surface area (TPSA) is 60.1 Å². The van der Waals surface area contributed by atoms with Gasteiger partial charge in [0, 0.05) is 12.2 Å². The van der Waals surface area contributed by atoms with Crippen LogP contribution < -0.4 is 11.1 Å². The van der Waals surface area contributed by atoms with Gasteiger partial charge < -0.3 is 15.6 Å². The molecule has 1 heterocycles. The van der Waals surface area contributed by atoms with Gasteiger partial charge in [0.1, 0.15) is 5.69 Å². The molecule has 104 valence electrons. The second-order valence-corrected chi connectivity index (χ2v) is 4.85. The third-order valence-corrected chi connectivity index (χ3v) is 3.24. The molecule has 1 saturated carbocycles. The Morgan fingerprint density at radius 3 is 2.80 bits per heavy atom. The number of amides is 1. The van der Waals surface area contributed by atoms with E-state index in [2.05, 4.69) is 5.32 Å². The smallest absolute Gasteiger partial charge is 0.272 e. The van der Waals surface area contributed by atoms with Crippen LogP contribution >= 0.6 is 0 Å². The maximum atomic E-state index is 13.5. The Hall–Kier alpha value is -2.37. The number of nitrogens with zero attached hydrogens (tertiary/aromatic N) is 1. The van der Waals surface area contributed by atoms with Crippen LogP contribution in [0.25, 0.3) is 0 Å². The number of carbonyl (C=O) groups excluding carboxylic acids is 1. The van der Waals surface area contributed by atoms with Gasteiger partial charge in [-0.05, 0) is 31.0 Å². The molecule has 0 spiro atoms. The number of benzene rings is 1. The van der Waals surface area contributed by atoms with Crippen LogP contribution in [0.2, 0.25) is 0 Å². The van der Waals surface area contributed by atoms with Crippen molar-refractivity contribution < 1.29 is 13.6 Å². The Labute approximate surface area is 114 Å². The van der Waals surface area contributed by atoms with Crippen LogP contribution in [0.1, 0.15) is 29.4 Å². The molecule has 3 rings (SSSR count). The summed E-state index contributed by atoms with van der Waals surface area (Å²) in [6.45, 7) is 0. The Morgan fingerprint density at radius 2 is 2.10 bits per heavy atom. The molecule has 1 aliphatic carbocycles. The highest BCUT2D eigenvalue weighted by Crippen LogP contribution is 2.37. The minimum absolute atomic E-state index is 0.183. The van der Waals surface area contributed by atoms with Gasteiger partial charge in [-0.25, -0.2) is 8.78 Å². The number of nitrogens with two attached hydrogens (primary N) is 1. The summed E-state index contributed by atoms with van der Waals surface area (Å²) < 4.78 is 28.4. The van der Waals surface area contributed by atoms with Gasteiger partial charge in [0.05, 0.1) is 11.4 Å². The number of aromatic nitrogens is 1. The minimum atomic E-state index is -1.07. The van der Waals surface area contributed by atoms with Crippen molar-refractivity contribution in [1.29, 1.82) is 0 Å². The fourth-order valence-electron chi connectivity index (χ4n) is 2.12. The van der Waals surface area contributed by atoms with E-state index in [1.807, 2.05) is 0 Å². The molecule has 1 fully saturated rings. The standard InChI is InChI=1S/C14H13F2N3O/c15-10-2-1-3-11(13(10)16)18-14(20)12-6-8(17)7-19(12)9-4-5-9/h1-3,6-7,9H,4-5,17H2,(H,18,20). The van der Waals surface area contributed by atoms with E-state index in [4.69, 9.17) is 5.73 Å². The Kier molecular flexibility index (Phi) is 2.93. The number of anilines is 2. The van der Waals surface area contributed by atoms with E-state index in [-0.39, 0.29) is 11.7 Å². The molecule has 0 saturated heterocycles. The number of rotatable bonds is 3. The van der Waals surface area contributed by atoms with Crippen molar-refractivity contribution in [3.63, 3.8) is 0 Å². The Bertz CT molecular complexity index is 677. The monoisotopic (exact) mass is 277 g/mol. The highest BCUT2D eigenvalue weighted by molar-refractivity contribution is 6.04. The van der Waals surface area contributed by atoms with E-state index in [0.29, 0.717) is 11.4 Å². The van der Waals surface area contributed by atoms with Gasteiger partial charge in [-0.15, -0.1) is 0 Å². The molecule has 3 N–H and O–H groups in total. The average molecular weight is 277 g/mol. The molecular formula is C14H13F2N3O. The van der Waals surface area contributed by atoms with Crippen LogP contribution in [0.4, 0.5) is 20.2 Å². The van der Waals surface area contributed by atoms with Crippen molar-refractivity contribution >= 4 is 17.3 Å². The average Bonchev–Trinajstić information content (AvgIpc) is 3.18. The lowest BCUT2D eigenvalue weighted by Gasteiger charge is -2.09. The van der Waals surface area contributed by atoms with E-state index in [1.165, 1.54) is 18.2 Å². The van der Waals surface area contributed by atoms with E-state index in [0.717, 1.165) is 18.9 Å². The summed E-state index contributed by atoms with van der Waals surface area (Å²) in [5.41, 5.74) is 6.34. The first-order chi connectivity index (χ1) is 9.56. The van der Waals surface area contributed by atoms with Gasteiger partial charge in [0.15, 0.2) is 11.6 Å². The van der Waals surface area contributed by atoms with Gasteiger partial charge in [-0.2, -0.15) is 0 Å². The van der Waals surface area contributed by atoms with Crippen LogP contribution in [0.3, 0.4) is 0 Å². The third kappa shape index (κ3) is 2.24. The van der Waals surface area contributed by atoms with Crippen molar-refractivity contribution in [3.8, 4) is 0 Å². The summed E-state index contributed by atoms with van der Waals surface area (Å²) in [6.07, 6.45) is 3.67. The maximum absolute atomic E-state index is 13.5. The third-order valence-electron chi connectivity index (χ3n) is 3.24.